The van der Waals surface area contributed by atoms with Crippen molar-refractivity contribution in [3.8, 4) is 0 Å². The summed E-state index contributed by atoms with van der Waals surface area (Å²) in [6.45, 7) is 4.04. The Bertz CT molecular complexity index is 657. The number of benzene rings is 2. The fourth-order valence-corrected chi connectivity index (χ4v) is 2.02. The second kappa shape index (κ2) is 6.84. The van der Waals surface area contributed by atoms with Crippen molar-refractivity contribution < 1.29 is 13.9 Å². The molecule has 21 heavy (non-hydrogen) atoms. The minimum atomic E-state index is -0.433. The number of aryl methyl sites for hydroxylation is 1. The summed E-state index contributed by atoms with van der Waals surface area (Å²) in [5.41, 5.74) is 3.26. The van der Waals surface area contributed by atoms with Crippen molar-refractivity contribution in [3.63, 3.8) is 0 Å². The summed E-state index contributed by atoms with van der Waals surface area (Å²) in [4.78, 5) is 11.8. The SMILES string of the molecule is CCOC(=O)/C=C(\c1ccc(C)cc1)c1cccc(F)c1. The van der Waals surface area contributed by atoms with Crippen LogP contribution in [0.1, 0.15) is 23.6 Å². The average Bonchev–Trinajstić information content (AvgIpc) is 2.46. The van der Waals surface area contributed by atoms with Crippen molar-refractivity contribution in [2.24, 2.45) is 0 Å². The average molecular weight is 284 g/mol. The molecule has 0 aliphatic heterocycles. The standard InChI is InChI=1S/C18H17FO2/c1-3-21-18(20)12-17(14-9-7-13(2)8-10-14)15-5-4-6-16(19)11-15/h4-12H,3H2,1-2H3/b17-12+. The number of rotatable bonds is 4. The Morgan fingerprint density at radius 1 is 1.14 bits per heavy atom. The van der Waals surface area contributed by atoms with Gasteiger partial charge < -0.3 is 4.74 Å². The maximum Gasteiger partial charge on any atom is 0.331 e. The van der Waals surface area contributed by atoms with Gasteiger partial charge in [0.05, 0.1) is 6.61 Å². The third-order valence-electron chi connectivity index (χ3n) is 3.05. The van der Waals surface area contributed by atoms with Crippen molar-refractivity contribution in [1.82, 2.24) is 0 Å². The van der Waals surface area contributed by atoms with Gasteiger partial charge in [0, 0.05) is 6.08 Å². The van der Waals surface area contributed by atoms with Crippen LogP contribution in [0.5, 0.6) is 0 Å². The lowest BCUT2D eigenvalue weighted by molar-refractivity contribution is -0.137. The van der Waals surface area contributed by atoms with Crippen LogP contribution in [-0.2, 0) is 9.53 Å². The molecular formula is C18H17FO2. The van der Waals surface area contributed by atoms with E-state index in [1.54, 1.807) is 19.1 Å². The molecule has 0 amide bonds. The molecule has 0 spiro atoms. The van der Waals surface area contributed by atoms with Gasteiger partial charge in [0.1, 0.15) is 5.82 Å². The molecular weight excluding hydrogens is 267 g/mol. The summed E-state index contributed by atoms with van der Waals surface area (Å²) in [5.74, 6) is -0.772. The molecule has 0 atom stereocenters. The van der Waals surface area contributed by atoms with E-state index < -0.39 is 5.97 Å². The van der Waals surface area contributed by atoms with Crippen molar-refractivity contribution in [3.05, 3.63) is 77.1 Å². The number of hydrogen-bond donors (Lipinski definition) is 0. The molecule has 2 nitrogen and oxygen atoms in total. The first-order valence-electron chi connectivity index (χ1n) is 6.81. The molecule has 0 unspecified atom stereocenters. The number of ether oxygens (including phenoxy) is 1. The third kappa shape index (κ3) is 4.02. The molecule has 0 bridgehead atoms. The first kappa shape index (κ1) is 15.0. The lowest BCUT2D eigenvalue weighted by Gasteiger charge is -2.09. The zero-order chi connectivity index (χ0) is 15.2. The molecule has 108 valence electrons. The van der Waals surface area contributed by atoms with Crippen molar-refractivity contribution in [1.29, 1.82) is 0 Å². The van der Waals surface area contributed by atoms with Crippen LogP contribution >= 0.6 is 0 Å². The molecule has 0 aliphatic rings. The van der Waals surface area contributed by atoms with Gasteiger partial charge in [-0.05, 0) is 42.7 Å². The molecule has 0 aliphatic carbocycles. The molecule has 2 aromatic carbocycles. The van der Waals surface area contributed by atoms with Gasteiger partial charge in [-0.25, -0.2) is 9.18 Å². The highest BCUT2D eigenvalue weighted by molar-refractivity contribution is 5.96. The van der Waals surface area contributed by atoms with Gasteiger partial charge in [0.15, 0.2) is 0 Å². The fraction of sp³-hybridized carbons (Fsp3) is 0.167. The largest absolute Gasteiger partial charge is 0.463 e. The van der Waals surface area contributed by atoms with Crippen LogP contribution in [0.3, 0.4) is 0 Å². The van der Waals surface area contributed by atoms with E-state index in [0.717, 1.165) is 11.1 Å². The lowest BCUT2D eigenvalue weighted by Crippen LogP contribution is -2.02. The van der Waals surface area contributed by atoms with Gasteiger partial charge >= 0.3 is 5.97 Å². The minimum Gasteiger partial charge on any atom is -0.463 e. The molecule has 0 heterocycles. The Kier molecular flexibility index (Phi) is 4.88. The van der Waals surface area contributed by atoms with E-state index in [-0.39, 0.29) is 5.82 Å². The Morgan fingerprint density at radius 2 is 1.86 bits per heavy atom. The zero-order valence-corrected chi connectivity index (χ0v) is 12.1. The summed E-state index contributed by atoms with van der Waals surface area (Å²) >= 11 is 0. The van der Waals surface area contributed by atoms with Gasteiger partial charge in [-0.15, -0.1) is 0 Å². The van der Waals surface area contributed by atoms with Gasteiger partial charge in [-0.2, -0.15) is 0 Å². The van der Waals surface area contributed by atoms with Gasteiger partial charge in [-0.1, -0.05) is 42.0 Å². The maximum absolute atomic E-state index is 13.4. The molecule has 3 heteroatoms. The molecule has 0 saturated heterocycles. The lowest BCUT2D eigenvalue weighted by atomic mass is 9.96. The molecule has 2 rings (SSSR count). The van der Waals surface area contributed by atoms with Gasteiger partial charge in [-0.3, -0.25) is 0 Å². The number of esters is 1. The van der Waals surface area contributed by atoms with E-state index in [0.29, 0.717) is 17.7 Å². The topological polar surface area (TPSA) is 26.3 Å². The van der Waals surface area contributed by atoms with Crippen molar-refractivity contribution >= 4 is 11.5 Å². The summed E-state index contributed by atoms with van der Waals surface area (Å²) in [6, 6.07) is 13.9. The van der Waals surface area contributed by atoms with Crippen LogP contribution in [-0.4, -0.2) is 12.6 Å². The van der Waals surface area contributed by atoms with E-state index in [4.69, 9.17) is 4.74 Å². The van der Waals surface area contributed by atoms with E-state index >= 15 is 0 Å². The Labute approximate surface area is 123 Å². The Morgan fingerprint density at radius 3 is 2.48 bits per heavy atom. The molecule has 0 saturated carbocycles. The summed E-state index contributed by atoms with van der Waals surface area (Å²) in [7, 11) is 0. The van der Waals surface area contributed by atoms with Crippen LogP contribution in [0.2, 0.25) is 0 Å². The summed E-state index contributed by atoms with van der Waals surface area (Å²) in [6.07, 6.45) is 1.41. The summed E-state index contributed by atoms with van der Waals surface area (Å²) < 4.78 is 18.4. The normalized spacial score (nSPS) is 11.3. The van der Waals surface area contributed by atoms with Crippen LogP contribution < -0.4 is 0 Å². The van der Waals surface area contributed by atoms with Crippen LogP contribution in [0, 0.1) is 12.7 Å². The van der Waals surface area contributed by atoms with Crippen molar-refractivity contribution in [2.45, 2.75) is 13.8 Å². The van der Waals surface area contributed by atoms with Crippen LogP contribution in [0.25, 0.3) is 5.57 Å². The van der Waals surface area contributed by atoms with Gasteiger partial charge in [0.25, 0.3) is 0 Å². The fourth-order valence-electron chi connectivity index (χ4n) is 2.02. The molecule has 0 radical (unpaired) electrons. The molecule has 2 aromatic rings. The predicted octanol–water partition coefficient (Wildman–Crippen LogP) is 4.13. The maximum atomic E-state index is 13.4. The monoisotopic (exact) mass is 284 g/mol. The Hall–Kier alpha value is -2.42. The van der Waals surface area contributed by atoms with Gasteiger partial charge in [0.2, 0.25) is 0 Å². The van der Waals surface area contributed by atoms with Crippen molar-refractivity contribution in [2.75, 3.05) is 6.61 Å². The highest BCUT2D eigenvalue weighted by Crippen LogP contribution is 2.24. The van der Waals surface area contributed by atoms with E-state index in [9.17, 15) is 9.18 Å². The second-order valence-electron chi connectivity index (χ2n) is 4.69. The first-order valence-corrected chi connectivity index (χ1v) is 6.81. The number of carbonyl (C=O) groups excluding carboxylic acids is 1. The Balaban J connectivity index is 2.49. The second-order valence-corrected chi connectivity index (χ2v) is 4.69. The highest BCUT2D eigenvalue weighted by atomic mass is 19.1. The number of halogens is 1. The number of carbonyl (C=O) groups is 1. The zero-order valence-electron chi connectivity index (χ0n) is 12.1. The van der Waals surface area contributed by atoms with E-state index in [1.807, 2.05) is 31.2 Å². The third-order valence-corrected chi connectivity index (χ3v) is 3.05. The highest BCUT2D eigenvalue weighted by Gasteiger charge is 2.09. The first-order chi connectivity index (χ1) is 10.1. The molecule has 0 N–H and O–H groups in total. The predicted molar refractivity (Wildman–Crippen MR) is 81.3 cm³/mol. The smallest absolute Gasteiger partial charge is 0.331 e. The minimum absolute atomic E-state index is 0.305. The van der Waals surface area contributed by atoms with Crippen LogP contribution in [0.15, 0.2) is 54.6 Å². The summed E-state index contributed by atoms with van der Waals surface area (Å²) in [5, 5.41) is 0. The quantitative estimate of drug-likeness (QED) is 0.623. The molecule has 0 aromatic heterocycles. The van der Waals surface area contributed by atoms with E-state index in [2.05, 4.69) is 0 Å². The van der Waals surface area contributed by atoms with E-state index in [1.165, 1.54) is 18.2 Å². The molecule has 0 fully saturated rings. The van der Waals surface area contributed by atoms with Crippen LogP contribution in [0.4, 0.5) is 4.39 Å². The number of hydrogen-bond acceptors (Lipinski definition) is 2.